The Hall–Kier alpha value is -2.22. The summed E-state index contributed by atoms with van der Waals surface area (Å²) in [5, 5.41) is 8.61. The van der Waals surface area contributed by atoms with Gasteiger partial charge in [0, 0.05) is 0 Å². The molecule has 0 atom stereocenters. The van der Waals surface area contributed by atoms with Gasteiger partial charge in [-0.05, 0) is 35.9 Å². The number of hydrogen-bond donors (Lipinski definition) is 1. The van der Waals surface area contributed by atoms with E-state index >= 15 is 0 Å². The van der Waals surface area contributed by atoms with Crippen LogP contribution in [0, 0.1) is 0 Å². The number of aliphatic hydroxyl groups excluding tert-OH is 1. The molecule has 0 saturated heterocycles. The second kappa shape index (κ2) is 5.03. The summed E-state index contributed by atoms with van der Waals surface area (Å²) in [6.45, 7) is 0. The molecule has 1 N–H and O–H groups in total. The van der Waals surface area contributed by atoms with E-state index in [0.717, 1.165) is 23.3 Å². The summed E-state index contributed by atoms with van der Waals surface area (Å²) in [4.78, 5) is 0. The summed E-state index contributed by atoms with van der Waals surface area (Å²) in [5.74, 6) is 1.59. The normalized spacial score (nSPS) is 10.5. The summed E-state index contributed by atoms with van der Waals surface area (Å²) in [7, 11) is 0. The molecule has 16 heavy (non-hydrogen) atoms. The lowest BCUT2D eigenvalue weighted by Crippen LogP contribution is -1.83. The fourth-order valence-electron chi connectivity index (χ4n) is 1.36. The largest absolute Gasteiger partial charge is 0.516 e. The Balaban J connectivity index is 2.11. The van der Waals surface area contributed by atoms with Crippen molar-refractivity contribution in [3.63, 3.8) is 0 Å². The van der Waals surface area contributed by atoms with E-state index in [-0.39, 0.29) is 0 Å². The molecule has 0 fully saturated rings. The summed E-state index contributed by atoms with van der Waals surface area (Å²) >= 11 is 0. The van der Waals surface area contributed by atoms with E-state index < -0.39 is 0 Å². The van der Waals surface area contributed by atoms with Gasteiger partial charge in [-0.3, -0.25) is 0 Å². The maximum atomic E-state index is 8.61. The predicted molar refractivity (Wildman–Crippen MR) is 64.6 cm³/mol. The van der Waals surface area contributed by atoms with Gasteiger partial charge in [-0.1, -0.05) is 30.3 Å². The second-order valence-corrected chi connectivity index (χ2v) is 3.30. The smallest absolute Gasteiger partial charge is 0.127 e. The van der Waals surface area contributed by atoms with Gasteiger partial charge in [-0.2, -0.15) is 0 Å². The molecule has 0 spiro atoms. The van der Waals surface area contributed by atoms with Gasteiger partial charge in [0.2, 0.25) is 0 Å². The number of ether oxygens (including phenoxy) is 1. The van der Waals surface area contributed by atoms with Crippen LogP contribution in [0.5, 0.6) is 11.5 Å². The summed E-state index contributed by atoms with van der Waals surface area (Å²) in [5.41, 5.74) is 0.933. The fraction of sp³-hybridized carbons (Fsp3) is 0. The van der Waals surface area contributed by atoms with E-state index in [9.17, 15) is 0 Å². The Morgan fingerprint density at radius 1 is 0.812 bits per heavy atom. The van der Waals surface area contributed by atoms with Crippen LogP contribution in [-0.2, 0) is 0 Å². The Bertz CT molecular complexity index is 458. The Labute approximate surface area is 94.4 Å². The minimum Gasteiger partial charge on any atom is -0.516 e. The third kappa shape index (κ3) is 2.64. The van der Waals surface area contributed by atoms with Crippen LogP contribution < -0.4 is 4.74 Å². The molecule has 0 heterocycles. The van der Waals surface area contributed by atoms with Crippen molar-refractivity contribution in [1.29, 1.82) is 0 Å². The topological polar surface area (TPSA) is 29.5 Å². The van der Waals surface area contributed by atoms with Gasteiger partial charge in [-0.15, -0.1) is 0 Å². The van der Waals surface area contributed by atoms with Crippen LogP contribution in [-0.4, -0.2) is 5.11 Å². The Kier molecular flexibility index (Phi) is 3.24. The van der Waals surface area contributed by atoms with Crippen LogP contribution >= 0.6 is 0 Å². The third-order valence-corrected chi connectivity index (χ3v) is 2.13. The number of rotatable bonds is 3. The van der Waals surface area contributed by atoms with Gasteiger partial charge in [0.1, 0.15) is 11.5 Å². The molecule has 0 aliphatic heterocycles. The van der Waals surface area contributed by atoms with Crippen molar-refractivity contribution in [3.05, 3.63) is 66.4 Å². The molecule has 0 aliphatic carbocycles. The molecule has 2 nitrogen and oxygen atoms in total. The average molecular weight is 212 g/mol. The molecule has 0 radical (unpaired) electrons. The fourth-order valence-corrected chi connectivity index (χ4v) is 1.36. The molecule has 0 bridgehead atoms. The molecule has 2 aromatic rings. The van der Waals surface area contributed by atoms with E-state index in [1.165, 1.54) is 0 Å². The van der Waals surface area contributed by atoms with Gasteiger partial charge in [0.15, 0.2) is 0 Å². The number of benzene rings is 2. The number of para-hydroxylation sites is 1. The van der Waals surface area contributed by atoms with Gasteiger partial charge in [0.05, 0.1) is 6.26 Å². The van der Waals surface area contributed by atoms with E-state index in [1.54, 1.807) is 6.08 Å². The molecule has 2 aromatic carbocycles. The monoisotopic (exact) mass is 212 g/mol. The highest BCUT2D eigenvalue weighted by Gasteiger charge is 1.95. The molecule has 0 aromatic heterocycles. The van der Waals surface area contributed by atoms with Crippen molar-refractivity contribution in [3.8, 4) is 11.5 Å². The van der Waals surface area contributed by atoms with Crippen LogP contribution in [0.2, 0.25) is 0 Å². The third-order valence-electron chi connectivity index (χ3n) is 2.13. The molecule has 0 aliphatic rings. The highest BCUT2D eigenvalue weighted by Crippen LogP contribution is 2.21. The molecule has 0 amide bonds. The van der Waals surface area contributed by atoms with Gasteiger partial charge in [0.25, 0.3) is 0 Å². The SMILES string of the molecule is O/C=C/c1ccc(Oc2ccccc2)cc1. The zero-order valence-corrected chi connectivity index (χ0v) is 8.71. The molecule has 0 unspecified atom stereocenters. The molecule has 2 heteroatoms. The van der Waals surface area contributed by atoms with Crippen LogP contribution in [0.25, 0.3) is 6.08 Å². The van der Waals surface area contributed by atoms with Gasteiger partial charge >= 0.3 is 0 Å². The molecular weight excluding hydrogens is 200 g/mol. The predicted octanol–water partition coefficient (Wildman–Crippen LogP) is 4.01. The van der Waals surface area contributed by atoms with E-state index in [1.807, 2.05) is 54.6 Å². The lowest BCUT2D eigenvalue weighted by Gasteiger charge is -2.05. The van der Waals surface area contributed by atoms with E-state index in [2.05, 4.69) is 0 Å². The first-order valence-electron chi connectivity index (χ1n) is 5.02. The zero-order valence-electron chi connectivity index (χ0n) is 8.71. The van der Waals surface area contributed by atoms with Crippen molar-refractivity contribution in [2.24, 2.45) is 0 Å². The molecule has 2 rings (SSSR count). The average Bonchev–Trinajstić information content (AvgIpc) is 2.33. The molecular formula is C14H12O2. The zero-order chi connectivity index (χ0) is 11.2. The first-order chi connectivity index (χ1) is 7.88. The van der Waals surface area contributed by atoms with Crippen molar-refractivity contribution < 1.29 is 9.84 Å². The second-order valence-electron chi connectivity index (χ2n) is 3.30. The highest BCUT2D eigenvalue weighted by molar-refractivity contribution is 5.49. The number of hydrogen-bond acceptors (Lipinski definition) is 2. The van der Waals surface area contributed by atoms with Crippen molar-refractivity contribution >= 4 is 6.08 Å². The van der Waals surface area contributed by atoms with E-state index in [4.69, 9.17) is 9.84 Å². The van der Waals surface area contributed by atoms with Crippen LogP contribution in [0.3, 0.4) is 0 Å². The van der Waals surface area contributed by atoms with Gasteiger partial charge < -0.3 is 9.84 Å². The Morgan fingerprint density at radius 2 is 1.44 bits per heavy atom. The quantitative estimate of drug-likeness (QED) is 0.779. The first-order valence-corrected chi connectivity index (χ1v) is 5.02. The minimum absolute atomic E-state index is 0.779. The van der Waals surface area contributed by atoms with Crippen LogP contribution in [0.4, 0.5) is 0 Å². The first kappa shape index (κ1) is 10.3. The standard InChI is InChI=1S/C14H12O2/c15-11-10-12-6-8-14(9-7-12)16-13-4-2-1-3-5-13/h1-11,15H/b11-10+. The number of aliphatic hydroxyl groups is 1. The van der Waals surface area contributed by atoms with Crippen molar-refractivity contribution in [2.75, 3.05) is 0 Å². The summed E-state index contributed by atoms with van der Waals surface area (Å²) < 4.78 is 5.62. The lowest BCUT2D eigenvalue weighted by molar-refractivity contribution is 0.477. The van der Waals surface area contributed by atoms with Crippen LogP contribution in [0.15, 0.2) is 60.9 Å². The molecule has 0 saturated carbocycles. The summed E-state index contributed by atoms with van der Waals surface area (Å²) in [6.07, 6.45) is 2.64. The summed E-state index contributed by atoms with van der Waals surface area (Å²) in [6, 6.07) is 17.1. The van der Waals surface area contributed by atoms with E-state index in [0.29, 0.717) is 0 Å². The minimum atomic E-state index is 0.779. The Morgan fingerprint density at radius 3 is 2.06 bits per heavy atom. The van der Waals surface area contributed by atoms with Crippen molar-refractivity contribution in [2.45, 2.75) is 0 Å². The maximum absolute atomic E-state index is 8.61. The van der Waals surface area contributed by atoms with Crippen molar-refractivity contribution in [1.82, 2.24) is 0 Å². The maximum Gasteiger partial charge on any atom is 0.127 e. The van der Waals surface area contributed by atoms with Gasteiger partial charge in [-0.25, -0.2) is 0 Å². The highest BCUT2D eigenvalue weighted by atomic mass is 16.5. The van der Waals surface area contributed by atoms with Crippen LogP contribution in [0.1, 0.15) is 5.56 Å². The molecule has 80 valence electrons. The lowest BCUT2D eigenvalue weighted by atomic mass is 10.2.